The van der Waals surface area contributed by atoms with Crippen LogP contribution in [-0.4, -0.2) is 47.9 Å². The van der Waals surface area contributed by atoms with Gasteiger partial charge in [-0.25, -0.2) is 13.6 Å². The average molecular weight is 380 g/mol. The number of amides is 1. The van der Waals surface area contributed by atoms with E-state index in [9.17, 15) is 9.18 Å². The minimum Gasteiger partial charge on any atom is -0.444 e. The standard InChI is InChI=1S/C19H26F2N4O2/c1-18(2,3)27-17(26)25-7-5-19(21,6-8-25)16-15(9-14(20)12-24-16)13(10-22)11-23-4/h9-12,22-23H,5-8H2,1-4H3/b13-11+,22-10?. The summed E-state index contributed by atoms with van der Waals surface area (Å²) in [6.07, 6.45) is 3.04. The minimum atomic E-state index is -1.82. The van der Waals surface area contributed by atoms with E-state index in [0.29, 0.717) is 5.57 Å². The Kier molecular flexibility index (Phi) is 6.18. The van der Waals surface area contributed by atoms with Gasteiger partial charge in [0.25, 0.3) is 0 Å². The van der Waals surface area contributed by atoms with Crippen molar-refractivity contribution in [1.29, 1.82) is 5.41 Å². The van der Waals surface area contributed by atoms with Crippen molar-refractivity contribution in [3.05, 3.63) is 35.5 Å². The molecule has 1 fully saturated rings. The van der Waals surface area contributed by atoms with Gasteiger partial charge in [-0.2, -0.15) is 0 Å². The molecule has 1 aromatic heterocycles. The number of nitrogens with zero attached hydrogens (tertiary/aromatic N) is 2. The van der Waals surface area contributed by atoms with Crippen LogP contribution in [0, 0.1) is 11.2 Å². The molecule has 1 amide bonds. The summed E-state index contributed by atoms with van der Waals surface area (Å²) in [5, 5.41) is 10.3. The van der Waals surface area contributed by atoms with E-state index >= 15 is 4.39 Å². The minimum absolute atomic E-state index is 0.0166. The van der Waals surface area contributed by atoms with Gasteiger partial charge in [-0.3, -0.25) is 4.98 Å². The van der Waals surface area contributed by atoms with E-state index in [2.05, 4.69) is 10.3 Å². The SMILES string of the molecule is CN/C=C(\C=N)c1cc(F)cnc1C1(F)CCN(C(=O)OC(C)(C)C)CC1. The van der Waals surface area contributed by atoms with Crippen molar-refractivity contribution in [3.63, 3.8) is 0 Å². The molecule has 6 nitrogen and oxygen atoms in total. The van der Waals surface area contributed by atoms with Gasteiger partial charge >= 0.3 is 6.09 Å². The lowest BCUT2D eigenvalue weighted by Gasteiger charge is -2.37. The van der Waals surface area contributed by atoms with Crippen molar-refractivity contribution in [1.82, 2.24) is 15.2 Å². The molecule has 0 radical (unpaired) electrons. The Morgan fingerprint density at radius 3 is 2.56 bits per heavy atom. The molecule has 1 saturated heterocycles. The number of rotatable bonds is 4. The zero-order chi connectivity index (χ0) is 20.2. The van der Waals surface area contributed by atoms with Gasteiger partial charge in [-0.15, -0.1) is 0 Å². The fourth-order valence-electron chi connectivity index (χ4n) is 2.98. The van der Waals surface area contributed by atoms with E-state index in [1.54, 1.807) is 27.8 Å². The predicted octanol–water partition coefficient (Wildman–Crippen LogP) is 3.63. The zero-order valence-electron chi connectivity index (χ0n) is 16.1. The van der Waals surface area contributed by atoms with E-state index in [1.807, 2.05) is 0 Å². The summed E-state index contributed by atoms with van der Waals surface area (Å²) in [7, 11) is 1.64. The second-order valence-corrected chi connectivity index (χ2v) is 7.52. The number of halogens is 2. The normalized spacial score (nSPS) is 17.4. The number of aromatic nitrogens is 1. The van der Waals surface area contributed by atoms with Crippen LogP contribution < -0.4 is 5.32 Å². The molecule has 1 aliphatic rings. The fourth-order valence-corrected chi connectivity index (χ4v) is 2.98. The Balaban J connectivity index is 2.26. The third-order valence-electron chi connectivity index (χ3n) is 4.25. The molecule has 2 N–H and O–H groups in total. The van der Waals surface area contributed by atoms with Crippen LogP contribution in [0.5, 0.6) is 0 Å². The number of nitrogens with one attached hydrogen (secondary N) is 2. The number of carbonyl (C=O) groups excluding carboxylic acids is 1. The third kappa shape index (κ3) is 5.02. The first-order valence-corrected chi connectivity index (χ1v) is 8.81. The van der Waals surface area contributed by atoms with Crippen molar-refractivity contribution in [2.24, 2.45) is 0 Å². The highest BCUT2D eigenvalue weighted by Crippen LogP contribution is 2.39. The number of piperidine rings is 1. The van der Waals surface area contributed by atoms with E-state index < -0.39 is 23.2 Å². The summed E-state index contributed by atoms with van der Waals surface area (Å²) >= 11 is 0. The summed E-state index contributed by atoms with van der Waals surface area (Å²) < 4.78 is 34.8. The number of hydrogen-bond donors (Lipinski definition) is 2. The number of pyridine rings is 1. The van der Waals surface area contributed by atoms with Crippen LogP contribution in [0.15, 0.2) is 18.5 Å². The lowest BCUT2D eigenvalue weighted by Crippen LogP contribution is -2.45. The topological polar surface area (TPSA) is 78.3 Å². The lowest BCUT2D eigenvalue weighted by molar-refractivity contribution is 0.00120. The number of alkyl halides is 1. The van der Waals surface area contributed by atoms with Crippen molar-refractivity contribution in [2.45, 2.75) is 44.9 Å². The maximum absolute atomic E-state index is 15.7. The van der Waals surface area contributed by atoms with Gasteiger partial charge in [-0.1, -0.05) is 0 Å². The molecule has 1 aromatic rings. The molecular formula is C19H26F2N4O2. The molecule has 0 spiro atoms. The summed E-state index contributed by atoms with van der Waals surface area (Å²) in [4.78, 5) is 17.6. The Morgan fingerprint density at radius 2 is 2.04 bits per heavy atom. The molecule has 148 valence electrons. The van der Waals surface area contributed by atoms with E-state index in [1.165, 1.54) is 17.2 Å². The summed E-state index contributed by atoms with van der Waals surface area (Å²) in [5.74, 6) is -0.604. The van der Waals surface area contributed by atoms with Crippen LogP contribution in [-0.2, 0) is 10.4 Å². The molecule has 27 heavy (non-hydrogen) atoms. The van der Waals surface area contributed by atoms with Gasteiger partial charge in [0.1, 0.15) is 11.4 Å². The van der Waals surface area contributed by atoms with Gasteiger partial charge < -0.3 is 20.4 Å². The fraction of sp³-hybridized carbons (Fsp3) is 0.526. The Labute approximate surface area is 158 Å². The number of ether oxygens (including phenoxy) is 1. The van der Waals surface area contributed by atoms with E-state index in [-0.39, 0.29) is 37.2 Å². The van der Waals surface area contributed by atoms with E-state index in [0.717, 1.165) is 12.4 Å². The largest absolute Gasteiger partial charge is 0.444 e. The van der Waals surface area contributed by atoms with Crippen LogP contribution in [0.2, 0.25) is 0 Å². The smallest absolute Gasteiger partial charge is 0.410 e. The number of allylic oxidation sites excluding steroid dienone is 1. The van der Waals surface area contributed by atoms with Crippen molar-refractivity contribution in [2.75, 3.05) is 20.1 Å². The van der Waals surface area contributed by atoms with Crippen LogP contribution in [0.4, 0.5) is 13.6 Å². The van der Waals surface area contributed by atoms with Crippen molar-refractivity contribution < 1.29 is 18.3 Å². The predicted molar refractivity (Wildman–Crippen MR) is 99.8 cm³/mol. The zero-order valence-corrected chi connectivity index (χ0v) is 16.1. The molecule has 0 unspecified atom stereocenters. The molecular weight excluding hydrogens is 354 g/mol. The molecule has 0 atom stereocenters. The molecule has 2 heterocycles. The first-order chi connectivity index (χ1) is 12.6. The highest BCUT2D eigenvalue weighted by atomic mass is 19.1. The first kappa shape index (κ1) is 20.8. The third-order valence-corrected chi connectivity index (χ3v) is 4.25. The summed E-state index contributed by atoms with van der Waals surface area (Å²) in [6, 6.07) is 1.18. The second-order valence-electron chi connectivity index (χ2n) is 7.52. The Bertz CT molecular complexity index is 736. The average Bonchev–Trinajstić information content (AvgIpc) is 2.58. The monoisotopic (exact) mass is 380 g/mol. The number of carbonyl (C=O) groups is 1. The molecule has 8 heteroatoms. The van der Waals surface area contributed by atoms with Gasteiger partial charge in [0.15, 0.2) is 5.67 Å². The van der Waals surface area contributed by atoms with Gasteiger partial charge in [0.05, 0.1) is 11.9 Å². The first-order valence-electron chi connectivity index (χ1n) is 8.81. The molecule has 0 aliphatic carbocycles. The summed E-state index contributed by atoms with van der Waals surface area (Å²) in [6.45, 7) is 5.65. The molecule has 1 aliphatic heterocycles. The quantitative estimate of drug-likeness (QED) is 0.782. The van der Waals surface area contributed by atoms with Crippen LogP contribution in [0.1, 0.15) is 44.9 Å². The Morgan fingerprint density at radius 1 is 1.41 bits per heavy atom. The lowest BCUT2D eigenvalue weighted by atomic mass is 9.85. The maximum atomic E-state index is 15.7. The van der Waals surface area contributed by atoms with E-state index in [4.69, 9.17) is 10.1 Å². The number of likely N-dealkylation sites (tertiary alicyclic amines) is 1. The van der Waals surface area contributed by atoms with Gasteiger partial charge in [0.2, 0.25) is 0 Å². The number of hydrogen-bond acceptors (Lipinski definition) is 5. The maximum Gasteiger partial charge on any atom is 0.410 e. The van der Waals surface area contributed by atoms with Crippen LogP contribution in [0.25, 0.3) is 5.57 Å². The van der Waals surface area contributed by atoms with Crippen molar-refractivity contribution in [3.8, 4) is 0 Å². The molecule has 0 saturated carbocycles. The highest BCUT2D eigenvalue weighted by molar-refractivity contribution is 6.08. The molecule has 0 aromatic carbocycles. The van der Waals surface area contributed by atoms with Gasteiger partial charge in [-0.05, 0) is 26.8 Å². The molecule has 2 rings (SSSR count). The summed E-state index contributed by atoms with van der Waals surface area (Å²) in [5.41, 5.74) is -1.81. The van der Waals surface area contributed by atoms with Crippen LogP contribution >= 0.6 is 0 Å². The van der Waals surface area contributed by atoms with Crippen molar-refractivity contribution >= 4 is 17.9 Å². The Hall–Kier alpha value is -2.51. The highest BCUT2D eigenvalue weighted by Gasteiger charge is 2.41. The molecule has 0 bridgehead atoms. The van der Waals surface area contributed by atoms with Gasteiger partial charge in [0, 0.05) is 56.5 Å². The second kappa shape index (κ2) is 8.02. The van der Waals surface area contributed by atoms with Crippen LogP contribution in [0.3, 0.4) is 0 Å².